The van der Waals surface area contributed by atoms with Crippen molar-refractivity contribution in [2.24, 2.45) is 0 Å². The molecule has 0 N–H and O–H groups in total. The molecule has 6 nitrogen and oxygen atoms in total. The summed E-state index contributed by atoms with van der Waals surface area (Å²) < 4.78 is 10.1. The summed E-state index contributed by atoms with van der Waals surface area (Å²) in [6, 6.07) is 22.2. The number of rotatable bonds is 8. The fourth-order valence-corrected chi connectivity index (χ4v) is 4.85. The van der Waals surface area contributed by atoms with E-state index in [0.717, 1.165) is 30.3 Å². The molecule has 4 aromatic rings. The average Bonchev–Trinajstić information content (AvgIpc) is 3.29. The normalized spacial score (nSPS) is 14.5. The number of fused-ring (bicyclic) bond motifs is 3. The number of carbonyl (C=O) groups excluding carboxylic acids is 1. The van der Waals surface area contributed by atoms with Crippen LogP contribution in [0.5, 0.6) is 5.75 Å². The second-order valence-electron chi connectivity index (χ2n) is 8.57. The van der Waals surface area contributed by atoms with E-state index in [1.165, 1.54) is 0 Å². The minimum absolute atomic E-state index is 0.0119. The number of unbranched alkanes of at least 4 members (excludes halogenated alkanes) is 1. The lowest BCUT2D eigenvalue weighted by atomic mass is 9.83. The van der Waals surface area contributed by atoms with Gasteiger partial charge in [-0.25, -0.2) is 4.98 Å². The van der Waals surface area contributed by atoms with Crippen molar-refractivity contribution in [3.63, 3.8) is 0 Å². The van der Waals surface area contributed by atoms with Gasteiger partial charge in [-0.1, -0.05) is 74.0 Å². The molecular formula is C28H27N3O3. The first-order valence-corrected chi connectivity index (χ1v) is 11.7. The number of imidazole rings is 1. The van der Waals surface area contributed by atoms with Crippen LogP contribution < -0.4 is 10.2 Å². The highest BCUT2D eigenvalue weighted by Gasteiger charge is 2.36. The van der Waals surface area contributed by atoms with Gasteiger partial charge in [0.15, 0.2) is 17.9 Å². The van der Waals surface area contributed by atoms with Crippen LogP contribution in [0.4, 0.5) is 0 Å². The van der Waals surface area contributed by atoms with E-state index in [1.54, 1.807) is 12.3 Å². The number of hydrogen-bond acceptors (Lipinski definition) is 4. The molecule has 1 aliphatic heterocycles. The molecule has 2 aromatic carbocycles. The summed E-state index contributed by atoms with van der Waals surface area (Å²) in [7, 11) is 0. The van der Waals surface area contributed by atoms with E-state index in [9.17, 15) is 9.59 Å². The van der Waals surface area contributed by atoms with Crippen LogP contribution >= 0.6 is 0 Å². The van der Waals surface area contributed by atoms with Crippen LogP contribution in [-0.4, -0.2) is 27.0 Å². The van der Waals surface area contributed by atoms with Gasteiger partial charge in [0.1, 0.15) is 11.4 Å². The molecule has 0 saturated carbocycles. The van der Waals surface area contributed by atoms with E-state index >= 15 is 0 Å². The van der Waals surface area contributed by atoms with Gasteiger partial charge < -0.3 is 13.9 Å². The lowest BCUT2D eigenvalue weighted by molar-refractivity contribution is 0.111. The van der Waals surface area contributed by atoms with Crippen molar-refractivity contribution in [1.82, 2.24) is 14.1 Å². The number of ether oxygens (including phenoxy) is 1. The quantitative estimate of drug-likeness (QED) is 0.275. The van der Waals surface area contributed by atoms with Crippen LogP contribution in [0.2, 0.25) is 0 Å². The molecule has 0 unspecified atom stereocenters. The molecule has 0 radical (unpaired) electrons. The maximum absolute atomic E-state index is 12.9. The van der Waals surface area contributed by atoms with Crippen molar-refractivity contribution in [3.8, 4) is 17.3 Å². The Morgan fingerprint density at radius 2 is 1.74 bits per heavy atom. The van der Waals surface area contributed by atoms with Gasteiger partial charge in [-0.05, 0) is 17.5 Å². The third-order valence-electron chi connectivity index (χ3n) is 6.48. The van der Waals surface area contributed by atoms with Crippen LogP contribution in [-0.2, 0) is 6.54 Å². The molecule has 1 aliphatic rings. The third-order valence-corrected chi connectivity index (χ3v) is 6.48. The van der Waals surface area contributed by atoms with E-state index in [0.29, 0.717) is 36.1 Å². The van der Waals surface area contributed by atoms with Gasteiger partial charge in [-0.15, -0.1) is 0 Å². The molecule has 0 amide bonds. The van der Waals surface area contributed by atoms with Gasteiger partial charge in [-0.2, -0.15) is 0 Å². The van der Waals surface area contributed by atoms with Crippen LogP contribution in [0, 0.1) is 0 Å². The summed E-state index contributed by atoms with van der Waals surface area (Å²) in [5.41, 5.74) is 3.26. The van der Waals surface area contributed by atoms with Crippen molar-refractivity contribution in [2.45, 2.75) is 38.3 Å². The van der Waals surface area contributed by atoms with Crippen molar-refractivity contribution < 1.29 is 9.53 Å². The second-order valence-corrected chi connectivity index (χ2v) is 8.57. The number of aromatic nitrogens is 3. The van der Waals surface area contributed by atoms with E-state index in [4.69, 9.17) is 4.74 Å². The Labute approximate surface area is 198 Å². The summed E-state index contributed by atoms with van der Waals surface area (Å²) in [5, 5.41) is 0. The summed E-state index contributed by atoms with van der Waals surface area (Å²) in [6.45, 7) is 3.08. The minimum Gasteiger partial charge on any atom is -0.487 e. The Bertz CT molecular complexity index is 1300. The summed E-state index contributed by atoms with van der Waals surface area (Å²) >= 11 is 0. The maximum Gasteiger partial charge on any atom is 0.224 e. The first-order valence-electron chi connectivity index (χ1n) is 11.7. The molecule has 0 saturated heterocycles. The zero-order valence-corrected chi connectivity index (χ0v) is 19.1. The summed E-state index contributed by atoms with van der Waals surface area (Å²) in [6.07, 6.45) is 6.05. The van der Waals surface area contributed by atoms with Crippen molar-refractivity contribution >= 4 is 6.29 Å². The Kier molecular flexibility index (Phi) is 6.12. The molecule has 5 rings (SSSR count). The molecule has 172 valence electrons. The molecule has 0 fully saturated rings. The highest BCUT2D eigenvalue weighted by atomic mass is 16.5. The van der Waals surface area contributed by atoms with E-state index in [1.807, 2.05) is 47.2 Å². The highest BCUT2D eigenvalue weighted by molar-refractivity contribution is 5.75. The Morgan fingerprint density at radius 3 is 2.35 bits per heavy atom. The largest absolute Gasteiger partial charge is 0.487 e. The van der Waals surface area contributed by atoms with Crippen LogP contribution in [0.1, 0.15) is 53.3 Å². The monoisotopic (exact) mass is 453 g/mol. The summed E-state index contributed by atoms with van der Waals surface area (Å²) in [4.78, 5) is 29.3. The molecule has 0 bridgehead atoms. The number of aldehydes is 1. The number of benzene rings is 2. The van der Waals surface area contributed by atoms with Crippen molar-refractivity contribution in [3.05, 3.63) is 106 Å². The Hall–Kier alpha value is -3.93. The Balaban J connectivity index is 1.74. The number of hydrogen-bond donors (Lipinski definition) is 0. The summed E-state index contributed by atoms with van der Waals surface area (Å²) in [5.74, 6) is 0.870. The van der Waals surface area contributed by atoms with Crippen molar-refractivity contribution in [1.29, 1.82) is 0 Å². The van der Waals surface area contributed by atoms with Gasteiger partial charge in [0.05, 0.1) is 18.8 Å². The SMILES string of the molecule is CCCCOc1c2n(ccc1=O)[C@@H](C(c1ccccc1)c1ccccc1)Cn1c(C=O)cnc1-2. The smallest absolute Gasteiger partial charge is 0.224 e. The third kappa shape index (κ3) is 3.85. The van der Waals surface area contributed by atoms with Gasteiger partial charge in [0.25, 0.3) is 0 Å². The molecule has 0 aliphatic carbocycles. The number of carbonyl (C=O) groups is 1. The van der Waals surface area contributed by atoms with Gasteiger partial charge in [0, 0.05) is 24.7 Å². The van der Waals surface area contributed by atoms with Gasteiger partial charge in [0.2, 0.25) is 5.43 Å². The maximum atomic E-state index is 12.9. The van der Waals surface area contributed by atoms with Crippen LogP contribution in [0.3, 0.4) is 0 Å². The molecule has 34 heavy (non-hydrogen) atoms. The zero-order valence-electron chi connectivity index (χ0n) is 19.1. The molecule has 1 atom stereocenters. The molecule has 3 heterocycles. The van der Waals surface area contributed by atoms with Crippen LogP contribution in [0.15, 0.2) is 83.9 Å². The van der Waals surface area contributed by atoms with Gasteiger partial charge >= 0.3 is 0 Å². The topological polar surface area (TPSA) is 66.1 Å². The second kappa shape index (κ2) is 9.51. The van der Waals surface area contributed by atoms with E-state index in [-0.39, 0.29) is 17.4 Å². The van der Waals surface area contributed by atoms with Crippen LogP contribution in [0.25, 0.3) is 11.5 Å². The first-order chi connectivity index (χ1) is 16.7. The number of pyridine rings is 1. The first kappa shape index (κ1) is 21.9. The molecule has 0 spiro atoms. The average molecular weight is 454 g/mol. The van der Waals surface area contributed by atoms with E-state index < -0.39 is 0 Å². The predicted octanol–water partition coefficient (Wildman–Crippen LogP) is 5.09. The minimum atomic E-state index is -0.179. The van der Waals surface area contributed by atoms with Crippen molar-refractivity contribution in [2.75, 3.05) is 6.61 Å². The molecule has 2 aromatic heterocycles. The lowest BCUT2D eigenvalue weighted by Gasteiger charge is -2.36. The fourth-order valence-electron chi connectivity index (χ4n) is 4.85. The van der Waals surface area contributed by atoms with E-state index in [2.05, 4.69) is 40.7 Å². The fraction of sp³-hybridized carbons (Fsp3) is 0.250. The standard InChI is InChI=1S/C28H27N3O3/c1-2-3-16-34-27-24(33)14-15-30-23(18-31-22(19-32)17-29-28(31)26(27)30)25(20-10-6-4-7-11-20)21-12-8-5-9-13-21/h4-15,17,19,23,25H,2-3,16,18H2,1H3/t23-/m1/s1. The highest BCUT2D eigenvalue weighted by Crippen LogP contribution is 2.43. The molecular weight excluding hydrogens is 426 g/mol. The van der Waals surface area contributed by atoms with Gasteiger partial charge in [-0.3, -0.25) is 9.59 Å². The number of nitrogens with zero attached hydrogens (tertiary/aromatic N) is 3. The lowest BCUT2D eigenvalue weighted by Crippen LogP contribution is -2.32. The predicted molar refractivity (Wildman–Crippen MR) is 131 cm³/mol. The Morgan fingerprint density at radius 1 is 1.06 bits per heavy atom. The molecule has 6 heteroatoms. The zero-order chi connectivity index (χ0) is 23.5.